The topological polar surface area (TPSA) is 47.4 Å². The quantitative estimate of drug-likeness (QED) is 0.754. The van der Waals surface area contributed by atoms with Crippen LogP contribution in [0.15, 0.2) is 0 Å². The maximum atomic E-state index is 12.2. The van der Waals surface area contributed by atoms with Crippen LogP contribution >= 0.6 is 0 Å². The van der Waals surface area contributed by atoms with E-state index in [-0.39, 0.29) is 5.91 Å². The average molecular weight is 239 g/mol. The molecule has 0 saturated carbocycles. The first-order valence-corrected chi connectivity index (χ1v) is 5.79. The van der Waals surface area contributed by atoms with Gasteiger partial charge in [-0.05, 0) is 19.3 Å². The van der Waals surface area contributed by atoms with Gasteiger partial charge in [0, 0.05) is 14.1 Å². The summed E-state index contributed by atoms with van der Waals surface area (Å²) in [7, 11) is 4.96. The average Bonchev–Trinajstić information content (AvgIpc) is 2.61. The van der Waals surface area contributed by atoms with Crippen LogP contribution in [-0.2, 0) is 11.9 Å². The summed E-state index contributed by atoms with van der Waals surface area (Å²) in [4.78, 5) is 17.1. The molecule has 1 atom stereocenters. The molecule has 1 rings (SSSR count). The summed E-state index contributed by atoms with van der Waals surface area (Å²) in [6.45, 7) is 6.05. The standard InChI is InChI=1S/C12H21N3O2/c1-7-8(2)11-10(9(3)13-14(11)4)12(16)15(5)17-6/h8H,7H2,1-6H3. The molecule has 0 aliphatic heterocycles. The maximum absolute atomic E-state index is 12.2. The number of carbonyl (C=O) groups is 1. The maximum Gasteiger partial charge on any atom is 0.280 e. The fourth-order valence-electron chi connectivity index (χ4n) is 1.94. The highest BCUT2D eigenvalue weighted by atomic mass is 16.7. The van der Waals surface area contributed by atoms with Gasteiger partial charge in [-0.25, -0.2) is 5.06 Å². The molecule has 0 radical (unpaired) electrons. The molecule has 0 aromatic carbocycles. The Kier molecular flexibility index (Phi) is 4.28. The van der Waals surface area contributed by atoms with Crippen LogP contribution in [0.2, 0.25) is 0 Å². The first kappa shape index (κ1) is 13.7. The number of hydrogen-bond acceptors (Lipinski definition) is 3. The van der Waals surface area contributed by atoms with Crippen LogP contribution in [0.5, 0.6) is 0 Å². The van der Waals surface area contributed by atoms with E-state index in [2.05, 4.69) is 18.9 Å². The molecule has 1 aromatic rings. The number of nitrogens with zero attached hydrogens (tertiary/aromatic N) is 3. The molecule has 1 heterocycles. The van der Waals surface area contributed by atoms with E-state index in [1.165, 1.54) is 12.2 Å². The molecule has 17 heavy (non-hydrogen) atoms. The third kappa shape index (κ3) is 2.49. The van der Waals surface area contributed by atoms with Crippen molar-refractivity contribution in [1.82, 2.24) is 14.8 Å². The Hall–Kier alpha value is -1.36. The van der Waals surface area contributed by atoms with Crippen molar-refractivity contribution >= 4 is 5.91 Å². The van der Waals surface area contributed by atoms with Gasteiger partial charge in [-0.3, -0.25) is 14.3 Å². The molecule has 0 N–H and O–H groups in total. The first-order chi connectivity index (χ1) is 7.93. The summed E-state index contributed by atoms with van der Waals surface area (Å²) in [5.41, 5.74) is 2.38. The van der Waals surface area contributed by atoms with Crippen LogP contribution in [0.3, 0.4) is 0 Å². The SMILES string of the molecule is CCC(C)c1c(C(=O)N(C)OC)c(C)nn1C. The molecule has 0 bridgehead atoms. The smallest absolute Gasteiger partial charge is 0.274 e. The summed E-state index contributed by atoms with van der Waals surface area (Å²) < 4.78 is 1.79. The molecular weight excluding hydrogens is 218 g/mol. The van der Waals surface area contributed by atoms with Gasteiger partial charge < -0.3 is 0 Å². The zero-order valence-electron chi connectivity index (χ0n) is 11.4. The molecule has 1 aromatic heterocycles. The summed E-state index contributed by atoms with van der Waals surface area (Å²) in [5, 5.41) is 5.56. The Morgan fingerprint density at radius 2 is 2.18 bits per heavy atom. The third-order valence-electron chi connectivity index (χ3n) is 3.12. The molecule has 0 saturated heterocycles. The number of hydroxylamine groups is 2. The lowest BCUT2D eigenvalue weighted by Crippen LogP contribution is -2.27. The highest BCUT2D eigenvalue weighted by molar-refractivity contribution is 5.95. The van der Waals surface area contributed by atoms with E-state index in [1.807, 2.05) is 14.0 Å². The number of amides is 1. The van der Waals surface area contributed by atoms with Crippen molar-refractivity contribution in [2.24, 2.45) is 7.05 Å². The van der Waals surface area contributed by atoms with Crippen LogP contribution in [0.25, 0.3) is 0 Å². The molecule has 0 aliphatic rings. The molecule has 96 valence electrons. The first-order valence-electron chi connectivity index (χ1n) is 5.79. The summed E-state index contributed by atoms with van der Waals surface area (Å²) in [6.07, 6.45) is 0.968. The number of aromatic nitrogens is 2. The van der Waals surface area contributed by atoms with E-state index in [9.17, 15) is 4.79 Å². The van der Waals surface area contributed by atoms with Gasteiger partial charge in [-0.1, -0.05) is 13.8 Å². The lowest BCUT2D eigenvalue weighted by atomic mass is 9.99. The van der Waals surface area contributed by atoms with Crippen molar-refractivity contribution in [2.45, 2.75) is 33.1 Å². The van der Waals surface area contributed by atoms with Crippen LogP contribution < -0.4 is 0 Å². The monoisotopic (exact) mass is 239 g/mol. The summed E-state index contributed by atoms with van der Waals surface area (Å²) in [5.74, 6) is 0.152. The van der Waals surface area contributed by atoms with Crippen molar-refractivity contribution in [2.75, 3.05) is 14.2 Å². The van der Waals surface area contributed by atoms with Crippen LogP contribution in [0, 0.1) is 6.92 Å². The van der Waals surface area contributed by atoms with Gasteiger partial charge in [-0.15, -0.1) is 0 Å². The highest BCUT2D eigenvalue weighted by Gasteiger charge is 2.25. The predicted molar refractivity (Wildman–Crippen MR) is 65.8 cm³/mol. The minimum atomic E-state index is -0.145. The van der Waals surface area contributed by atoms with Gasteiger partial charge in [0.1, 0.15) is 0 Å². The summed E-state index contributed by atoms with van der Waals surface area (Å²) >= 11 is 0. The molecule has 1 unspecified atom stereocenters. The second-order valence-electron chi connectivity index (χ2n) is 4.26. The van der Waals surface area contributed by atoms with Crippen molar-refractivity contribution in [3.63, 3.8) is 0 Å². The number of hydrogen-bond donors (Lipinski definition) is 0. The molecule has 0 spiro atoms. The van der Waals surface area contributed by atoms with E-state index >= 15 is 0 Å². The Balaban J connectivity index is 3.27. The van der Waals surface area contributed by atoms with Gasteiger partial charge in [0.15, 0.2) is 0 Å². The van der Waals surface area contributed by atoms with Gasteiger partial charge in [0.2, 0.25) is 0 Å². The second-order valence-corrected chi connectivity index (χ2v) is 4.26. The van der Waals surface area contributed by atoms with Gasteiger partial charge in [-0.2, -0.15) is 5.10 Å². The molecule has 0 fully saturated rings. The lowest BCUT2D eigenvalue weighted by Gasteiger charge is -2.17. The lowest BCUT2D eigenvalue weighted by molar-refractivity contribution is -0.0758. The second kappa shape index (κ2) is 5.31. The molecule has 0 aliphatic carbocycles. The van der Waals surface area contributed by atoms with Crippen LogP contribution in [0.1, 0.15) is 47.9 Å². The third-order valence-corrected chi connectivity index (χ3v) is 3.12. The zero-order valence-corrected chi connectivity index (χ0v) is 11.4. The van der Waals surface area contributed by atoms with Crippen LogP contribution in [0.4, 0.5) is 0 Å². The van der Waals surface area contributed by atoms with Crippen molar-refractivity contribution in [3.8, 4) is 0 Å². The Bertz CT molecular complexity index is 412. The molecule has 5 heteroatoms. The van der Waals surface area contributed by atoms with Crippen molar-refractivity contribution in [3.05, 3.63) is 17.0 Å². The van der Waals surface area contributed by atoms with E-state index in [4.69, 9.17) is 4.84 Å². The Morgan fingerprint density at radius 1 is 1.59 bits per heavy atom. The summed E-state index contributed by atoms with van der Waals surface area (Å²) in [6, 6.07) is 0. The zero-order chi connectivity index (χ0) is 13.2. The van der Waals surface area contributed by atoms with E-state index in [0.717, 1.165) is 17.8 Å². The Morgan fingerprint density at radius 3 is 2.65 bits per heavy atom. The van der Waals surface area contributed by atoms with Crippen LogP contribution in [-0.4, -0.2) is 34.9 Å². The molecule has 5 nitrogen and oxygen atoms in total. The predicted octanol–water partition coefficient (Wildman–Crippen LogP) is 1.88. The van der Waals surface area contributed by atoms with E-state index in [1.54, 1.807) is 11.7 Å². The fourth-order valence-corrected chi connectivity index (χ4v) is 1.94. The number of carbonyl (C=O) groups excluding carboxylic acids is 1. The minimum Gasteiger partial charge on any atom is -0.274 e. The minimum absolute atomic E-state index is 0.145. The van der Waals surface area contributed by atoms with E-state index < -0.39 is 0 Å². The fraction of sp³-hybridized carbons (Fsp3) is 0.667. The molecular formula is C12H21N3O2. The number of aryl methyl sites for hydroxylation is 2. The highest BCUT2D eigenvalue weighted by Crippen LogP contribution is 2.25. The van der Waals surface area contributed by atoms with Gasteiger partial charge in [0.05, 0.1) is 24.1 Å². The van der Waals surface area contributed by atoms with E-state index in [0.29, 0.717) is 11.5 Å². The van der Waals surface area contributed by atoms with Gasteiger partial charge >= 0.3 is 0 Å². The Labute approximate surface area is 102 Å². The number of rotatable bonds is 4. The normalized spacial score (nSPS) is 12.6. The van der Waals surface area contributed by atoms with Crippen molar-refractivity contribution < 1.29 is 9.63 Å². The molecule has 1 amide bonds. The van der Waals surface area contributed by atoms with Gasteiger partial charge in [0.25, 0.3) is 5.91 Å². The largest absolute Gasteiger partial charge is 0.280 e. The van der Waals surface area contributed by atoms with Crippen molar-refractivity contribution in [1.29, 1.82) is 0 Å².